The minimum Gasteiger partial charge on any atom is -0.452 e. The van der Waals surface area contributed by atoms with Gasteiger partial charge in [-0.05, 0) is 89.1 Å². The van der Waals surface area contributed by atoms with E-state index in [1.165, 1.54) is 47.0 Å². The van der Waals surface area contributed by atoms with E-state index in [9.17, 15) is 18.4 Å². The number of fused-ring (bicyclic) bond motifs is 1. The van der Waals surface area contributed by atoms with E-state index in [0.717, 1.165) is 0 Å². The number of pyridine rings is 2. The first-order valence-corrected chi connectivity index (χ1v) is 11.7. The fourth-order valence-electron chi connectivity index (χ4n) is 3.94. The quantitative estimate of drug-likeness (QED) is 0.242. The van der Waals surface area contributed by atoms with E-state index in [0.29, 0.717) is 32.7 Å². The minimum atomic E-state index is -0.648. The zero-order chi connectivity index (χ0) is 25.4. The molecular weight excluding hydrogens is 532 g/mol. The van der Waals surface area contributed by atoms with Crippen molar-refractivity contribution in [3.05, 3.63) is 122 Å². The maximum atomic E-state index is 14.9. The van der Waals surface area contributed by atoms with Gasteiger partial charge in [0.1, 0.15) is 11.3 Å². The Morgan fingerprint density at radius 1 is 1.00 bits per heavy atom. The van der Waals surface area contributed by atoms with Crippen molar-refractivity contribution in [2.24, 2.45) is 0 Å². The summed E-state index contributed by atoms with van der Waals surface area (Å²) in [4.78, 5) is 26.1. The van der Waals surface area contributed by atoms with Crippen LogP contribution in [0.2, 0.25) is 0 Å². The SMILES string of the molecule is Cc1ccc(C(=O)Cc2ccc(Oc3cc(Br)cn4nccc34)c(F)c2)c(=O)n1-c1ccc(F)cc1. The molecule has 0 saturated carbocycles. The van der Waals surface area contributed by atoms with E-state index in [2.05, 4.69) is 21.0 Å². The van der Waals surface area contributed by atoms with Gasteiger partial charge in [-0.3, -0.25) is 14.2 Å². The van der Waals surface area contributed by atoms with Gasteiger partial charge in [-0.25, -0.2) is 13.3 Å². The first kappa shape index (κ1) is 23.6. The number of hydrogen-bond acceptors (Lipinski definition) is 4. The van der Waals surface area contributed by atoms with Crippen molar-refractivity contribution in [3.63, 3.8) is 0 Å². The van der Waals surface area contributed by atoms with E-state index >= 15 is 0 Å². The molecule has 9 heteroatoms. The number of aromatic nitrogens is 3. The van der Waals surface area contributed by atoms with Crippen molar-refractivity contribution in [2.45, 2.75) is 13.3 Å². The predicted octanol–water partition coefficient (Wildman–Crippen LogP) is 6.05. The Balaban J connectivity index is 1.40. The normalized spacial score (nSPS) is 11.1. The first-order valence-electron chi connectivity index (χ1n) is 10.9. The number of carbonyl (C=O) groups is 1. The molecule has 36 heavy (non-hydrogen) atoms. The van der Waals surface area contributed by atoms with Gasteiger partial charge in [-0.15, -0.1) is 0 Å². The summed E-state index contributed by atoms with van der Waals surface area (Å²) in [5.41, 5.74) is 1.53. The summed E-state index contributed by atoms with van der Waals surface area (Å²) in [6.07, 6.45) is 3.18. The van der Waals surface area contributed by atoms with Crippen LogP contribution in [0.15, 0.2) is 88.4 Å². The molecule has 0 unspecified atom stereocenters. The van der Waals surface area contributed by atoms with Crippen molar-refractivity contribution in [2.75, 3.05) is 0 Å². The molecule has 0 atom stereocenters. The number of rotatable bonds is 6. The summed E-state index contributed by atoms with van der Waals surface area (Å²) >= 11 is 3.38. The van der Waals surface area contributed by atoms with Crippen LogP contribution < -0.4 is 10.3 Å². The van der Waals surface area contributed by atoms with E-state index in [4.69, 9.17) is 4.74 Å². The van der Waals surface area contributed by atoms with Crippen LogP contribution in [0.3, 0.4) is 0 Å². The van der Waals surface area contributed by atoms with Gasteiger partial charge in [0.25, 0.3) is 5.56 Å². The molecule has 0 N–H and O–H groups in total. The van der Waals surface area contributed by atoms with Gasteiger partial charge in [0.05, 0.1) is 11.8 Å². The second-order valence-electron chi connectivity index (χ2n) is 8.16. The molecule has 0 fully saturated rings. The van der Waals surface area contributed by atoms with Crippen LogP contribution in [-0.2, 0) is 6.42 Å². The molecule has 0 bridgehead atoms. The molecule has 180 valence electrons. The smallest absolute Gasteiger partial charge is 0.266 e. The highest BCUT2D eigenvalue weighted by Gasteiger charge is 2.17. The average Bonchev–Trinajstić information content (AvgIpc) is 3.30. The standard InChI is InChI=1S/C27H18BrF2N3O3/c1-16-2-8-21(27(35)33(16)20-6-4-19(29)5-7-20)24(34)13-17-3-9-25(22(30)12-17)36-26-14-18(28)15-32-23(26)10-11-31-32/h2-12,14-15H,13H2,1H3. The number of hydrogen-bond donors (Lipinski definition) is 0. The number of ether oxygens (including phenoxy) is 1. The third kappa shape index (κ3) is 4.57. The van der Waals surface area contributed by atoms with Gasteiger partial charge in [0, 0.05) is 28.5 Å². The lowest BCUT2D eigenvalue weighted by Gasteiger charge is -2.12. The second kappa shape index (κ2) is 9.50. The molecule has 3 aromatic heterocycles. The Bertz CT molecular complexity index is 1680. The number of Topliss-reactive ketones (excluding diaryl/α,β-unsaturated/α-hetero) is 1. The fourth-order valence-corrected chi connectivity index (χ4v) is 4.34. The van der Waals surface area contributed by atoms with Crippen molar-refractivity contribution in [1.82, 2.24) is 14.2 Å². The van der Waals surface area contributed by atoms with E-state index in [-0.39, 0.29) is 17.7 Å². The Morgan fingerprint density at radius 3 is 2.53 bits per heavy atom. The molecule has 0 aliphatic heterocycles. The molecule has 0 amide bonds. The van der Waals surface area contributed by atoms with E-state index in [1.54, 1.807) is 48.1 Å². The van der Waals surface area contributed by atoms with Gasteiger partial charge < -0.3 is 4.74 Å². The van der Waals surface area contributed by atoms with Crippen molar-refractivity contribution in [3.8, 4) is 17.2 Å². The fraction of sp³-hybridized carbons (Fsp3) is 0.0741. The lowest BCUT2D eigenvalue weighted by molar-refractivity contribution is 0.0991. The number of halogens is 3. The van der Waals surface area contributed by atoms with Crippen LogP contribution in [0.4, 0.5) is 8.78 Å². The van der Waals surface area contributed by atoms with E-state index < -0.39 is 23.0 Å². The lowest BCUT2D eigenvalue weighted by atomic mass is 10.0. The number of carbonyl (C=O) groups excluding carboxylic acids is 1. The number of ketones is 1. The average molecular weight is 550 g/mol. The van der Waals surface area contributed by atoms with Crippen molar-refractivity contribution in [1.29, 1.82) is 0 Å². The second-order valence-corrected chi connectivity index (χ2v) is 9.07. The number of benzene rings is 2. The Labute approximate surface area is 212 Å². The summed E-state index contributed by atoms with van der Waals surface area (Å²) < 4.78 is 37.7. The van der Waals surface area contributed by atoms with Gasteiger partial charge in [0.15, 0.2) is 23.1 Å². The molecule has 0 spiro atoms. The monoisotopic (exact) mass is 549 g/mol. The van der Waals surface area contributed by atoms with Crippen LogP contribution in [0.5, 0.6) is 11.5 Å². The topological polar surface area (TPSA) is 65.6 Å². The third-order valence-corrected chi connectivity index (χ3v) is 6.11. The lowest BCUT2D eigenvalue weighted by Crippen LogP contribution is -2.27. The van der Waals surface area contributed by atoms with Crippen LogP contribution in [0, 0.1) is 18.6 Å². The van der Waals surface area contributed by atoms with Crippen molar-refractivity contribution < 1.29 is 18.3 Å². The molecule has 6 nitrogen and oxygen atoms in total. The zero-order valence-electron chi connectivity index (χ0n) is 18.9. The molecule has 5 rings (SSSR count). The number of nitrogens with zero attached hydrogens (tertiary/aromatic N) is 3. The zero-order valence-corrected chi connectivity index (χ0v) is 20.5. The van der Waals surface area contributed by atoms with Gasteiger partial charge in [-0.2, -0.15) is 5.10 Å². The molecule has 0 aliphatic carbocycles. The highest BCUT2D eigenvalue weighted by atomic mass is 79.9. The Hall–Kier alpha value is -4.11. The van der Waals surface area contributed by atoms with Crippen LogP contribution >= 0.6 is 15.9 Å². The minimum absolute atomic E-state index is 0.0126. The molecule has 0 saturated heterocycles. The summed E-state index contributed by atoms with van der Waals surface area (Å²) in [6, 6.07) is 16.2. The molecule has 2 aromatic carbocycles. The van der Waals surface area contributed by atoms with Crippen LogP contribution in [0.25, 0.3) is 11.2 Å². The van der Waals surface area contributed by atoms with Gasteiger partial charge in [0.2, 0.25) is 0 Å². The van der Waals surface area contributed by atoms with Crippen LogP contribution in [0.1, 0.15) is 21.6 Å². The Morgan fingerprint density at radius 2 is 1.78 bits per heavy atom. The Kier molecular flexibility index (Phi) is 6.24. The molecule has 0 radical (unpaired) electrons. The summed E-state index contributed by atoms with van der Waals surface area (Å²) in [5, 5.41) is 4.15. The molecule has 0 aliphatic rings. The van der Waals surface area contributed by atoms with Gasteiger partial charge >= 0.3 is 0 Å². The summed E-state index contributed by atoms with van der Waals surface area (Å²) in [6.45, 7) is 1.72. The first-order chi connectivity index (χ1) is 17.3. The predicted molar refractivity (Wildman–Crippen MR) is 134 cm³/mol. The largest absolute Gasteiger partial charge is 0.452 e. The summed E-state index contributed by atoms with van der Waals surface area (Å²) in [5.74, 6) is -1.14. The third-order valence-electron chi connectivity index (χ3n) is 5.68. The maximum absolute atomic E-state index is 14.9. The van der Waals surface area contributed by atoms with Crippen molar-refractivity contribution >= 4 is 27.2 Å². The van der Waals surface area contributed by atoms with Crippen LogP contribution in [-0.4, -0.2) is 20.0 Å². The molecule has 5 aromatic rings. The molecule has 3 heterocycles. The summed E-state index contributed by atoms with van der Waals surface area (Å²) in [7, 11) is 0. The van der Waals surface area contributed by atoms with E-state index in [1.807, 2.05) is 0 Å². The maximum Gasteiger partial charge on any atom is 0.266 e. The van der Waals surface area contributed by atoms with Gasteiger partial charge in [-0.1, -0.05) is 6.07 Å². The highest BCUT2D eigenvalue weighted by molar-refractivity contribution is 9.10. The highest BCUT2D eigenvalue weighted by Crippen LogP contribution is 2.31. The molecular formula is C27H18BrF2N3O3. The number of aryl methyl sites for hydroxylation is 1.